The lowest BCUT2D eigenvalue weighted by atomic mass is 9.96. The number of likely N-dealkylation sites (tertiary alicyclic amines) is 1. The zero-order valence-electron chi connectivity index (χ0n) is 22.9. The molecule has 1 heterocycles. The van der Waals surface area contributed by atoms with Gasteiger partial charge in [0.25, 0.3) is 0 Å². The summed E-state index contributed by atoms with van der Waals surface area (Å²) in [6.07, 6.45) is 9.27. The fraction of sp³-hybridized carbons (Fsp3) is 0.815. The van der Waals surface area contributed by atoms with E-state index in [1.807, 2.05) is 40.8 Å². The van der Waals surface area contributed by atoms with Crippen molar-refractivity contribution < 1.29 is 14.4 Å². The van der Waals surface area contributed by atoms with Gasteiger partial charge in [0.1, 0.15) is 6.04 Å². The van der Waals surface area contributed by atoms with Gasteiger partial charge in [-0.1, -0.05) is 66.4 Å². The summed E-state index contributed by atoms with van der Waals surface area (Å²) < 4.78 is 0. The number of piperidine rings is 1. The highest BCUT2D eigenvalue weighted by Gasteiger charge is 2.34. The number of amides is 3. The van der Waals surface area contributed by atoms with Gasteiger partial charge in [-0.25, -0.2) is 0 Å². The lowest BCUT2D eigenvalue weighted by Crippen LogP contribution is -2.57. The van der Waals surface area contributed by atoms with Crippen molar-refractivity contribution in [3.05, 3.63) is 11.6 Å². The second-order valence-corrected chi connectivity index (χ2v) is 10.6. The van der Waals surface area contributed by atoms with Gasteiger partial charge in [0.05, 0.1) is 12.1 Å². The molecule has 0 aromatic heterocycles. The van der Waals surface area contributed by atoms with Gasteiger partial charge in [-0.3, -0.25) is 19.3 Å². The molecule has 0 spiro atoms. The number of hydrogen-bond donors (Lipinski definition) is 2. The fourth-order valence-electron chi connectivity index (χ4n) is 4.51. The molecule has 3 amide bonds. The molecule has 0 aromatic carbocycles. The highest BCUT2D eigenvalue weighted by Crippen LogP contribution is 2.19. The third-order valence-corrected chi connectivity index (χ3v) is 6.88. The Morgan fingerprint density at radius 2 is 1.74 bits per heavy atom. The molecule has 7 nitrogen and oxygen atoms in total. The molecule has 2 N–H and O–H groups in total. The van der Waals surface area contributed by atoms with Gasteiger partial charge in [-0.15, -0.1) is 0 Å². The van der Waals surface area contributed by atoms with Crippen molar-refractivity contribution in [2.45, 2.75) is 105 Å². The summed E-state index contributed by atoms with van der Waals surface area (Å²) in [5, 5.41) is 6.03. The molecule has 7 heteroatoms. The smallest absolute Gasteiger partial charge is 0.246 e. The zero-order valence-corrected chi connectivity index (χ0v) is 22.9. The van der Waals surface area contributed by atoms with Crippen LogP contribution in [0.1, 0.15) is 86.5 Å². The molecule has 1 unspecified atom stereocenters. The summed E-state index contributed by atoms with van der Waals surface area (Å²) in [4.78, 5) is 42.9. The van der Waals surface area contributed by atoms with Crippen molar-refractivity contribution in [1.82, 2.24) is 20.4 Å². The monoisotopic (exact) mass is 478 g/mol. The third-order valence-electron chi connectivity index (χ3n) is 6.88. The molecule has 1 saturated heterocycles. The Labute approximate surface area is 208 Å². The number of carbonyl (C=O) groups excluding carboxylic acids is 3. The number of likely N-dealkylation sites (N-methyl/N-ethyl adjacent to an activating group) is 2. The van der Waals surface area contributed by atoms with E-state index in [2.05, 4.69) is 22.5 Å². The number of rotatable bonds is 13. The maximum Gasteiger partial charge on any atom is 0.246 e. The van der Waals surface area contributed by atoms with E-state index in [1.165, 1.54) is 12.8 Å². The molecule has 0 bridgehead atoms. The first-order chi connectivity index (χ1) is 16.0. The molecule has 1 aliphatic rings. The van der Waals surface area contributed by atoms with Crippen LogP contribution in [0.3, 0.4) is 0 Å². The van der Waals surface area contributed by atoms with Crippen LogP contribution in [0.15, 0.2) is 11.6 Å². The average molecular weight is 479 g/mol. The molecule has 1 rings (SSSR count). The van der Waals surface area contributed by atoms with Gasteiger partial charge >= 0.3 is 0 Å². The number of nitrogens with zero attached hydrogens (tertiary/aromatic N) is 2. The predicted molar refractivity (Wildman–Crippen MR) is 139 cm³/mol. The molecule has 34 heavy (non-hydrogen) atoms. The average Bonchev–Trinajstić information content (AvgIpc) is 2.79. The van der Waals surface area contributed by atoms with Crippen molar-refractivity contribution in [2.24, 2.45) is 11.8 Å². The maximum atomic E-state index is 13.5. The van der Waals surface area contributed by atoms with Gasteiger partial charge < -0.3 is 15.5 Å². The molecule has 0 aliphatic carbocycles. The SMILES string of the molecule is CCCCCCNC(=O)C(C)=CC(C(C)C)N(C)C(=O)[C@@H](NC(=O)[C@H]1CCCCN1C)C(C)C. The quantitative estimate of drug-likeness (QED) is 0.312. The van der Waals surface area contributed by atoms with Crippen molar-refractivity contribution >= 4 is 17.7 Å². The van der Waals surface area contributed by atoms with Crippen LogP contribution in [0.5, 0.6) is 0 Å². The van der Waals surface area contributed by atoms with Gasteiger partial charge in [0, 0.05) is 19.2 Å². The molecule has 196 valence electrons. The van der Waals surface area contributed by atoms with Crippen LogP contribution in [0.25, 0.3) is 0 Å². The van der Waals surface area contributed by atoms with E-state index in [0.29, 0.717) is 12.1 Å². The number of hydrogen-bond acceptors (Lipinski definition) is 4. The van der Waals surface area contributed by atoms with E-state index in [4.69, 9.17) is 0 Å². The summed E-state index contributed by atoms with van der Waals surface area (Å²) in [5.41, 5.74) is 0.614. The van der Waals surface area contributed by atoms with Gasteiger partial charge in [0.15, 0.2) is 0 Å². The Hall–Kier alpha value is -1.89. The van der Waals surface area contributed by atoms with E-state index in [0.717, 1.165) is 38.6 Å². The second-order valence-electron chi connectivity index (χ2n) is 10.6. The number of nitrogens with one attached hydrogen (secondary N) is 2. The summed E-state index contributed by atoms with van der Waals surface area (Å²) in [7, 11) is 3.74. The third kappa shape index (κ3) is 9.40. The van der Waals surface area contributed by atoms with Crippen LogP contribution < -0.4 is 10.6 Å². The standard InChI is InChI=1S/C27H50N4O3/c1-9-10-11-13-16-28-25(32)21(6)18-23(19(2)3)31(8)27(34)24(20(4)5)29-26(33)22-15-12-14-17-30(22)7/h18-20,22-24H,9-17H2,1-8H3,(H,28,32)(H,29,33)/t22-,23?,24+/m1/s1. The van der Waals surface area contributed by atoms with Crippen molar-refractivity contribution in [3.63, 3.8) is 0 Å². The maximum absolute atomic E-state index is 13.5. The lowest BCUT2D eigenvalue weighted by Gasteiger charge is -2.36. The molecule has 0 saturated carbocycles. The van der Waals surface area contributed by atoms with Crippen LogP contribution in [0.4, 0.5) is 0 Å². The molecule has 1 aliphatic heterocycles. The normalized spacial score (nSPS) is 19.1. The molecular weight excluding hydrogens is 428 g/mol. The molecule has 0 aromatic rings. The number of unbranched alkanes of at least 4 members (excludes halogenated alkanes) is 3. The minimum Gasteiger partial charge on any atom is -0.352 e. The molecule has 1 fully saturated rings. The van der Waals surface area contributed by atoms with Gasteiger partial charge in [-0.2, -0.15) is 0 Å². The summed E-state index contributed by atoms with van der Waals surface area (Å²) in [5.74, 6) is -0.203. The van der Waals surface area contributed by atoms with Gasteiger partial charge in [0.2, 0.25) is 17.7 Å². The first-order valence-electron chi connectivity index (χ1n) is 13.2. The number of carbonyl (C=O) groups is 3. The Kier molecular flexibility index (Phi) is 13.5. The first-order valence-corrected chi connectivity index (χ1v) is 13.2. The van der Waals surface area contributed by atoms with Crippen molar-refractivity contribution in [1.29, 1.82) is 0 Å². The Bertz CT molecular complexity index is 689. The van der Waals surface area contributed by atoms with Crippen molar-refractivity contribution in [3.8, 4) is 0 Å². The van der Waals surface area contributed by atoms with Crippen molar-refractivity contribution in [2.75, 3.05) is 27.2 Å². The summed E-state index contributed by atoms with van der Waals surface area (Å²) in [6, 6.07) is -1.03. The predicted octanol–water partition coefficient (Wildman–Crippen LogP) is 3.74. The Morgan fingerprint density at radius 1 is 1.06 bits per heavy atom. The Balaban J connectivity index is 2.88. The second kappa shape index (κ2) is 15.2. The zero-order chi connectivity index (χ0) is 25.8. The van der Waals surface area contributed by atoms with E-state index < -0.39 is 6.04 Å². The fourth-order valence-corrected chi connectivity index (χ4v) is 4.51. The molecular formula is C27H50N4O3. The summed E-state index contributed by atoms with van der Waals surface area (Å²) in [6.45, 7) is 13.5. The molecule has 0 radical (unpaired) electrons. The van der Waals surface area contributed by atoms with Gasteiger partial charge in [-0.05, 0) is 51.6 Å². The van der Waals surface area contributed by atoms with Crippen LogP contribution in [-0.4, -0.2) is 72.8 Å². The van der Waals surface area contributed by atoms with E-state index in [1.54, 1.807) is 18.9 Å². The summed E-state index contributed by atoms with van der Waals surface area (Å²) >= 11 is 0. The Morgan fingerprint density at radius 3 is 2.29 bits per heavy atom. The largest absolute Gasteiger partial charge is 0.352 e. The van der Waals surface area contributed by atoms with Crippen LogP contribution >= 0.6 is 0 Å². The molecule has 3 atom stereocenters. The topological polar surface area (TPSA) is 81.8 Å². The lowest BCUT2D eigenvalue weighted by molar-refractivity contribution is -0.139. The highest BCUT2D eigenvalue weighted by molar-refractivity contribution is 5.93. The van der Waals surface area contributed by atoms with Crippen LogP contribution in [-0.2, 0) is 14.4 Å². The minimum atomic E-state index is -0.602. The highest BCUT2D eigenvalue weighted by atomic mass is 16.2. The van der Waals surface area contributed by atoms with Crippen LogP contribution in [0, 0.1) is 11.8 Å². The van der Waals surface area contributed by atoms with E-state index in [9.17, 15) is 14.4 Å². The minimum absolute atomic E-state index is 0.0443. The van der Waals surface area contributed by atoms with Crippen LogP contribution in [0.2, 0.25) is 0 Å². The van der Waals surface area contributed by atoms with E-state index in [-0.39, 0.29) is 41.6 Å². The van der Waals surface area contributed by atoms with E-state index >= 15 is 0 Å². The first kappa shape index (κ1) is 30.1.